The molecule has 0 atom stereocenters. The number of aromatic nitrogens is 2. The molecule has 1 saturated heterocycles. The summed E-state index contributed by atoms with van der Waals surface area (Å²) in [5.41, 5.74) is 2.36. The fourth-order valence-corrected chi connectivity index (χ4v) is 3.73. The second-order valence-corrected chi connectivity index (χ2v) is 7.83. The van der Waals surface area contributed by atoms with Crippen LogP contribution in [0.5, 0.6) is 0 Å². The number of benzene rings is 2. The molecule has 1 aliphatic heterocycles. The summed E-state index contributed by atoms with van der Waals surface area (Å²) in [5, 5.41) is 12.2. The van der Waals surface area contributed by atoms with Crippen molar-refractivity contribution in [1.29, 1.82) is 0 Å². The number of amides is 1. The van der Waals surface area contributed by atoms with Gasteiger partial charge in [-0.1, -0.05) is 35.9 Å². The standard InChI is InChI=1S/C23H22ClFN4O/c24-19-6-4-16(5-7-19)15-26-23(30)17-10-12-29(13-11-17)22-9-8-21(27-28-22)18-2-1-3-20(25)14-18/h1-9,14,17H,10-13,15H2,(H,26,30). The van der Waals surface area contributed by atoms with Gasteiger partial charge in [-0.2, -0.15) is 0 Å². The highest BCUT2D eigenvalue weighted by Crippen LogP contribution is 2.24. The number of carbonyl (C=O) groups excluding carboxylic acids is 1. The molecule has 154 valence electrons. The Hall–Kier alpha value is -2.99. The van der Waals surface area contributed by atoms with Crippen LogP contribution in [0.15, 0.2) is 60.7 Å². The lowest BCUT2D eigenvalue weighted by Gasteiger charge is -2.31. The minimum atomic E-state index is -0.296. The zero-order valence-corrected chi connectivity index (χ0v) is 17.1. The van der Waals surface area contributed by atoms with E-state index in [4.69, 9.17) is 11.6 Å². The Labute approximate surface area is 179 Å². The fraction of sp³-hybridized carbons (Fsp3) is 0.261. The molecule has 1 N–H and O–H groups in total. The summed E-state index contributed by atoms with van der Waals surface area (Å²) < 4.78 is 13.4. The van der Waals surface area contributed by atoms with E-state index < -0.39 is 0 Å². The van der Waals surface area contributed by atoms with Crippen LogP contribution in [0.3, 0.4) is 0 Å². The third-order valence-corrected chi connectivity index (χ3v) is 5.59. The average molecular weight is 425 g/mol. The van der Waals surface area contributed by atoms with Gasteiger partial charge in [-0.25, -0.2) is 4.39 Å². The van der Waals surface area contributed by atoms with Crippen molar-refractivity contribution in [3.63, 3.8) is 0 Å². The van der Waals surface area contributed by atoms with Crippen LogP contribution in [0.2, 0.25) is 5.02 Å². The predicted molar refractivity (Wildman–Crippen MR) is 116 cm³/mol. The number of halogens is 2. The quantitative estimate of drug-likeness (QED) is 0.656. The van der Waals surface area contributed by atoms with Gasteiger partial charge in [0.25, 0.3) is 0 Å². The molecule has 1 aliphatic rings. The van der Waals surface area contributed by atoms with Crippen molar-refractivity contribution >= 4 is 23.3 Å². The predicted octanol–water partition coefficient (Wildman–Crippen LogP) is 4.47. The van der Waals surface area contributed by atoms with Gasteiger partial charge in [-0.15, -0.1) is 10.2 Å². The third-order valence-electron chi connectivity index (χ3n) is 5.34. The molecule has 0 bridgehead atoms. The van der Waals surface area contributed by atoms with Crippen molar-refractivity contribution in [3.8, 4) is 11.3 Å². The lowest BCUT2D eigenvalue weighted by Crippen LogP contribution is -2.40. The molecule has 7 heteroatoms. The SMILES string of the molecule is O=C(NCc1ccc(Cl)cc1)C1CCN(c2ccc(-c3cccc(F)c3)nn2)CC1. The van der Waals surface area contributed by atoms with Crippen LogP contribution in [-0.2, 0) is 11.3 Å². The van der Waals surface area contributed by atoms with Crippen LogP contribution in [0, 0.1) is 11.7 Å². The first kappa shape index (κ1) is 20.3. The van der Waals surface area contributed by atoms with Gasteiger partial charge in [0.15, 0.2) is 5.82 Å². The maximum Gasteiger partial charge on any atom is 0.223 e. The van der Waals surface area contributed by atoms with E-state index in [-0.39, 0.29) is 17.6 Å². The van der Waals surface area contributed by atoms with Gasteiger partial charge < -0.3 is 10.2 Å². The minimum absolute atomic E-state index is 0.00641. The second kappa shape index (κ2) is 9.22. The van der Waals surface area contributed by atoms with Crippen LogP contribution < -0.4 is 10.2 Å². The van der Waals surface area contributed by atoms with Gasteiger partial charge in [0.2, 0.25) is 5.91 Å². The summed E-state index contributed by atoms with van der Waals surface area (Å²) in [7, 11) is 0. The Kier molecular flexibility index (Phi) is 6.23. The smallest absolute Gasteiger partial charge is 0.223 e. The number of hydrogen-bond donors (Lipinski definition) is 1. The van der Waals surface area contributed by atoms with Crippen LogP contribution in [0.4, 0.5) is 10.2 Å². The highest BCUT2D eigenvalue weighted by Gasteiger charge is 2.25. The lowest BCUT2D eigenvalue weighted by atomic mass is 9.96. The van der Waals surface area contributed by atoms with E-state index in [0.29, 0.717) is 22.8 Å². The Morgan fingerprint density at radius 1 is 1.07 bits per heavy atom. The molecule has 0 radical (unpaired) electrons. The van der Waals surface area contributed by atoms with Gasteiger partial charge in [0.1, 0.15) is 5.82 Å². The molecule has 3 aromatic rings. The lowest BCUT2D eigenvalue weighted by molar-refractivity contribution is -0.125. The fourth-order valence-electron chi connectivity index (χ4n) is 3.60. The highest BCUT2D eigenvalue weighted by molar-refractivity contribution is 6.30. The van der Waals surface area contributed by atoms with Crippen molar-refractivity contribution in [1.82, 2.24) is 15.5 Å². The zero-order valence-electron chi connectivity index (χ0n) is 16.4. The normalized spacial score (nSPS) is 14.5. The van der Waals surface area contributed by atoms with E-state index in [1.165, 1.54) is 12.1 Å². The molecule has 0 spiro atoms. The van der Waals surface area contributed by atoms with E-state index >= 15 is 0 Å². The van der Waals surface area contributed by atoms with E-state index in [0.717, 1.165) is 37.3 Å². The number of nitrogens with one attached hydrogen (secondary N) is 1. The topological polar surface area (TPSA) is 58.1 Å². The summed E-state index contributed by atoms with van der Waals surface area (Å²) in [5.74, 6) is 0.551. The number of piperidine rings is 1. The van der Waals surface area contributed by atoms with Gasteiger partial charge in [-0.3, -0.25) is 4.79 Å². The van der Waals surface area contributed by atoms with Crippen molar-refractivity contribution < 1.29 is 9.18 Å². The van der Waals surface area contributed by atoms with Crippen LogP contribution >= 0.6 is 11.6 Å². The number of rotatable bonds is 5. The summed E-state index contributed by atoms with van der Waals surface area (Å²) in [6, 6.07) is 17.5. The molecule has 0 unspecified atom stereocenters. The summed E-state index contributed by atoms with van der Waals surface area (Å²) in [4.78, 5) is 14.6. The van der Waals surface area contributed by atoms with Crippen LogP contribution in [-0.4, -0.2) is 29.2 Å². The Balaban J connectivity index is 1.29. The molecule has 30 heavy (non-hydrogen) atoms. The summed E-state index contributed by atoms with van der Waals surface area (Å²) in [6.07, 6.45) is 1.53. The largest absolute Gasteiger partial charge is 0.355 e. The molecule has 0 aliphatic carbocycles. The maximum absolute atomic E-state index is 13.4. The van der Waals surface area contributed by atoms with E-state index in [1.54, 1.807) is 12.1 Å². The van der Waals surface area contributed by atoms with E-state index in [9.17, 15) is 9.18 Å². The minimum Gasteiger partial charge on any atom is -0.355 e. The first-order valence-electron chi connectivity index (χ1n) is 9.95. The molecule has 2 aromatic carbocycles. The van der Waals surface area contributed by atoms with Crippen molar-refractivity contribution in [2.24, 2.45) is 5.92 Å². The molecular weight excluding hydrogens is 403 g/mol. The molecule has 1 aromatic heterocycles. The first-order chi connectivity index (χ1) is 14.6. The van der Waals surface area contributed by atoms with Gasteiger partial charge in [-0.05, 0) is 54.8 Å². The molecule has 0 saturated carbocycles. The number of anilines is 1. The average Bonchev–Trinajstić information content (AvgIpc) is 2.79. The van der Waals surface area contributed by atoms with Crippen molar-refractivity contribution in [3.05, 3.63) is 77.1 Å². The molecule has 1 fully saturated rings. The monoisotopic (exact) mass is 424 g/mol. The Morgan fingerprint density at radius 2 is 1.83 bits per heavy atom. The molecular formula is C23H22ClFN4O. The van der Waals surface area contributed by atoms with Crippen LogP contribution in [0.1, 0.15) is 18.4 Å². The zero-order chi connectivity index (χ0) is 20.9. The van der Waals surface area contributed by atoms with Gasteiger partial charge in [0, 0.05) is 36.1 Å². The maximum atomic E-state index is 13.4. The number of hydrogen-bond acceptors (Lipinski definition) is 4. The molecule has 4 rings (SSSR count). The van der Waals surface area contributed by atoms with Crippen molar-refractivity contribution in [2.45, 2.75) is 19.4 Å². The highest BCUT2D eigenvalue weighted by atomic mass is 35.5. The Bertz CT molecular complexity index is 1000. The van der Waals surface area contributed by atoms with E-state index in [2.05, 4.69) is 20.4 Å². The van der Waals surface area contributed by atoms with Crippen molar-refractivity contribution in [2.75, 3.05) is 18.0 Å². The third kappa shape index (κ3) is 4.94. The van der Waals surface area contributed by atoms with Gasteiger partial charge in [0.05, 0.1) is 5.69 Å². The number of carbonyl (C=O) groups is 1. The van der Waals surface area contributed by atoms with Gasteiger partial charge >= 0.3 is 0 Å². The van der Waals surface area contributed by atoms with E-state index in [1.807, 2.05) is 36.4 Å². The second-order valence-electron chi connectivity index (χ2n) is 7.39. The summed E-state index contributed by atoms with van der Waals surface area (Å²) in [6.45, 7) is 1.99. The number of nitrogens with zero attached hydrogens (tertiary/aromatic N) is 3. The molecule has 2 heterocycles. The molecule has 5 nitrogen and oxygen atoms in total. The Morgan fingerprint density at radius 3 is 2.50 bits per heavy atom. The molecule has 1 amide bonds. The first-order valence-corrected chi connectivity index (χ1v) is 10.3. The van der Waals surface area contributed by atoms with Crippen LogP contribution in [0.25, 0.3) is 11.3 Å². The summed E-state index contributed by atoms with van der Waals surface area (Å²) >= 11 is 5.89.